The Kier molecular flexibility index (Phi) is 5.59. The van der Waals surface area contributed by atoms with Crippen molar-refractivity contribution in [2.24, 2.45) is 12.0 Å². The second-order valence-electron chi connectivity index (χ2n) is 8.04. The zero-order valence-electron chi connectivity index (χ0n) is 17.6. The van der Waals surface area contributed by atoms with Crippen LogP contribution in [0.15, 0.2) is 29.3 Å². The molecule has 1 saturated carbocycles. The Morgan fingerprint density at radius 1 is 1.26 bits per heavy atom. The van der Waals surface area contributed by atoms with Crippen molar-refractivity contribution in [2.75, 3.05) is 13.6 Å². The Morgan fingerprint density at radius 3 is 2.52 bits per heavy atom. The molecule has 0 aliphatic heterocycles. The van der Waals surface area contributed by atoms with Crippen molar-refractivity contribution in [3.8, 4) is 0 Å². The molecule has 0 amide bonds. The molecule has 0 bridgehead atoms. The summed E-state index contributed by atoms with van der Waals surface area (Å²) in [6.45, 7) is 9.56. The van der Waals surface area contributed by atoms with Gasteiger partial charge < -0.3 is 10.6 Å². The van der Waals surface area contributed by atoms with E-state index < -0.39 is 0 Å². The van der Waals surface area contributed by atoms with Crippen molar-refractivity contribution in [3.63, 3.8) is 0 Å². The maximum atomic E-state index is 4.52. The molecule has 1 aromatic carbocycles. The van der Waals surface area contributed by atoms with Gasteiger partial charge in [0.25, 0.3) is 0 Å². The minimum absolute atomic E-state index is 0.267. The van der Waals surface area contributed by atoms with Crippen LogP contribution in [0.3, 0.4) is 0 Å². The standard InChI is InChI=1S/C22H33N5/c1-15-9-7-8-10-20(15)22(11-12-22)14-24-21(23-5)25-16(2)13-19-17(3)26-27(6)18(19)4/h7-10,16H,11-14H2,1-6H3,(H2,23,24,25). The maximum Gasteiger partial charge on any atom is 0.191 e. The van der Waals surface area contributed by atoms with Gasteiger partial charge in [-0.05, 0) is 63.6 Å². The van der Waals surface area contributed by atoms with E-state index in [2.05, 4.69) is 72.7 Å². The molecule has 1 fully saturated rings. The highest BCUT2D eigenvalue weighted by molar-refractivity contribution is 5.80. The van der Waals surface area contributed by atoms with E-state index in [-0.39, 0.29) is 11.5 Å². The van der Waals surface area contributed by atoms with Crippen LogP contribution in [0.5, 0.6) is 0 Å². The lowest BCUT2D eigenvalue weighted by Crippen LogP contribution is -2.45. The Bertz CT molecular complexity index is 829. The van der Waals surface area contributed by atoms with Crippen LogP contribution in [0, 0.1) is 20.8 Å². The van der Waals surface area contributed by atoms with Crippen LogP contribution in [-0.2, 0) is 18.9 Å². The van der Waals surface area contributed by atoms with Crippen molar-refractivity contribution in [3.05, 3.63) is 52.3 Å². The Labute approximate surface area is 163 Å². The first-order chi connectivity index (χ1) is 12.9. The summed E-state index contributed by atoms with van der Waals surface area (Å²) in [5, 5.41) is 11.6. The average molecular weight is 368 g/mol. The van der Waals surface area contributed by atoms with E-state index >= 15 is 0 Å². The summed E-state index contributed by atoms with van der Waals surface area (Å²) in [5.74, 6) is 0.876. The second kappa shape index (κ2) is 7.75. The van der Waals surface area contributed by atoms with Crippen molar-refractivity contribution in [1.29, 1.82) is 0 Å². The topological polar surface area (TPSA) is 54.2 Å². The molecule has 1 aliphatic carbocycles. The fraction of sp³-hybridized carbons (Fsp3) is 0.545. The number of benzene rings is 1. The summed E-state index contributed by atoms with van der Waals surface area (Å²) in [4.78, 5) is 4.44. The molecule has 5 nitrogen and oxygen atoms in total. The quantitative estimate of drug-likeness (QED) is 0.609. The molecule has 1 atom stereocenters. The molecule has 3 rings (SSSR count). The molecule has 1 unspecified atom stereocenters. The molecule has 2 N–H and O–H groups in total. The first kappa shape index (κ1) is 19.5. The van der Waals surface area contributed by atoms with E-state index in [4.69, 9.17) is 0 Å². The van der Waals surface area contributed by atoms with Crippen LogP contribution in [-0.4, -0.2) is 35.4 Å². The summed E-state index contributed by atoms with van der Waals surface area (Å²) < 4.78 is 1.96. The van der Waals surface area contributed by atoms with E-state index in [0.717, 1.165) is 24.6 Å². The van der Waals surface area contributed by atoms with E-state index in [1.807, 2.05) is 18.8 Å². The van der Waals surface area contributed by atoms with Gasteiger partial charge in [-0.2, -0.15) is 5.10 Å². The van der Waals surface area contributed by atoms with Crippen LogP contribution >= 0.6 is 0 Å². The summed E-state index contributed by atoms with van der Waals surface area (Å²) in [6.07, 6.45) is 3.42. The lowest BCUT2D eigenvalue weighted by atomic mass is 9.92. The SMILES string of the molecule is CN=C(NCC1(c2ccccc2C)CC1)NC(C)Cc1c(C)nn(C)c1C. The minimum atomic E-state index is 0.267. The number of hydrogen-bond donors (Lipinski definition) is 2. The first-order valence-corrected chi connectivity index (χ1v) is 9.88. The number of aryl methyl sites for hydroxylation is 3. The number of aromatic nitrogens is 2. The molecule has 0 radical (unpaired) electrons. The number of hydrogen-bond acceptors (Lipinski definition) is 2. The normalized spacial score (nSPS) is 16.9. The van der Waals surface area contributed by atoms with Gasteiger partial charge in [0.15, 0.2) is 5.96 Å². The van der Waals surface area contributed by atoms with Gasteiger partial charge in [-0.1, -0.05) is 24.3 Å². The number of guanidine groups is 1. The van der Waals surface area contributed by atoms with E-state index in [1.165, 1.54) is 35.2 Å². The van der Waals surface area contributed by atoms with E-state index in [9.17, 15) is 0 Å². The van der Waals surface area contributed by atoms with Crippen LogP contribution in [0.4, 0.5) is 0 Å². The molecule has 5 heteroatoms. The van der Waals surface area contributed by atoms with Crippen LogP contribution in [0.25, 0.3) is 0 Å². The zero-order valence-corrected chi connectivity index (χ0v) is 17.6. The minimum Gasteiger partial charge on any atom is -0.356 e. The predicted octanol–water partition coefficient (Wildman–Crippen LogP) is 3.17. The lowest BCUT2D eigenvalue weighted by molar-refractivity contribution is 0.606. The second-order valence-corrected chi connectivity index (χ2v) is 8.04. The van der Waals surface area contributed by atoms with Gasteiger partial charge >= 0.3 is 0 Å². The number of aliphatic imine (C=N–C) groups is 1. The van der Waals surface area contributed by atoms with Crippen molar-refractivity contribution in [1.82, 2.24) is 20.4 Å². The molecule has 0 spiro atoms. The number of nitrogens with zero attached hydrogens (tertiary/aromatic N) is 3. The Hall–Kier alpha value is -2.30. The zero-order chi connectivity index (χ0) is 19.6. The third-order valence-electron chi connectivity index (χ3n) is 5.94. The van der Waals surface area contributed by atoms with Crippen LogP contribution < -0.4 is 10.6 Å². The smallest absolute Gasteiger partial charge is 0.191 e. The monoisotopic (exact) mass is 367 g/mol. The summed E-state index contributed by atoms with van der Waals surface area (Å²) in [5.41, 5.74) is 6.80. The van der Waals surface area contributed by atoms with Crippen molar-refractivity contribution >= 4 is 5.96 Å². The largest absolute Gasteiger partial charge is 0.356 e. The van der Waals surface area contributed by atoms with Gasteiger partial charge in [0.05, 0.1) is 5.69 Å². The van der Waals surface area contributed by atoms with Gasteiger partial charge in [0, 0.05) is 37.8 Å². The summed E-state index contributed by atoms with van der Waals surface area (Å²) in [7, 11) is 3.85. The molecular weight excluding hydrogens is 334 g/mol. The van der Waals surface area contributed by atoms with E-state index in [0.29, 0.717) is 0 Å². The third-order valence-corrected chi connectivity index (χ3v) is 5.94. The molecular formula is C22H33N5. The number of nitrogens with one attached hydrogen (secondary N) is 2. The highest BCUT2D eigenvalue weighted by Gasteiger charge is 2.44. The molecule has 1 aliphatic rings. The van der Waals surface area contributed by atoms with Gasteiger partial charge in [0.1, 0.15) is 0 Å². The molecule has 0 saturated heterocycles. The van der Waals surface area contributed by atoms with Crippen LogP contribution in [0.2, 0.25) is 0 Å². The predicted molar refractivity (Wildman–Crippen MR) is 112 cm³/mol. The molecule has 1 aromatic heterocycles. The van der Waals surface area contributed by atoms with Crippen molar-refractivity contribution in [2.45, 2.75) is 58.4 Å². The van der Waals surface area contributed by atoms with Crippen LogP contribution in [0.1, 0.15) is 47.8 Å². The number of rotatable bonds is 6. The lowest BCUT2D eigenvalue weighted by Gasteiger charge is -2.23. The highest BCUT2D eigenvalue weighted by atomic mass is 15.3. The summed E-state index contributed by atoms with van der Waals surface area (Å²) >= 11 is 0. The highest BCUT2D eigenvalue weighted by Crippen LogP contribution is 2.48. The maximum absolute atomic E-state index is 4.52. The van der Waals surface area contributed by atoms with E-state index in [1.54, 1.807) is 0 Å². The molecule has 1 heterocycles. The summed E-state index contributed by atoms with van der Waals surface area (Å²) in [6, 6.07) is 9.04. The fourth-order valence-corrected chi connectivity index (χ4v) is 4.01. The third kappa shape index (κ3) is 4.18. The first-order valence-electron chi connectivity index (χ1n) is 9.88. The fourth-order valence-electron chi connectivity index (χ4n) is 4.01. The molecule has 27 heavy (non-hydrogen) atoms. The van der Waals surface area contributed by atoms with Gasteiger partial charge in [-0.25, -0.2) is 0 Å². The van der Waals surface area contributed by atoms with Gasteiger partial charge in [0.2, 0.25) is 0 Å². The van der Waals surface area contributed by atoms with Gasteiger partial charge in [-0.15, -0.1) is 0 Å². The molecule has 146 valence electrons. The van der Waals surface area contributed by atoms with Crippen molar-refractivity contribution < 1.29 is 0 Å². The average Bonchev–Trinajstić information content (AvgIpc) is 3.39. The Balaban J connectivity index is 1.59. The molecule has 2 aromatic rings. The van der Waals surface area contributed by atoms with Gasteiger partial charge in [-0.3, -0.25) is 9.67 Å². The Morgan fingerprint density at radius 2 is 1.96 bits per heavy atom.